The predicted molar refractivity (Wildman–Crippen MR) is 74.2 cm³/mol. The standard InChI is InChI=1S/C16H19NO3/c18-14-10-12-6-2-3-7-13(12)15(19)17(14)11-16(20)8-4-1-5-9-16/h2-3,6-7,20H,1,4-5,8-11H2. The monoisotopic (exact) mass is 273 g/mol. The molecule has 3 rings (SSSR count). The van der Waals surface area contributed by atoms with E-state index in [9.17, 15) is 14.7 Å². The topological polar surface area (TPSA) is 57.6 Å². The molecule has 1 aromatic carbocycles. The van der Waals surface area contributed by atoms with Crippen LogP contribution in [0.1, 0.15) is 48.0 Å². The van der Waals surface area contributed by atoms with E-state index in [1.807, 2.05) is 12.1 Å². The summed E-state index contributed by atoms with van der Waals surface area (Å²) in [5.41, 5.74) is 0.483. The number of β-amino-alcohol motifs (C(OH)–C–C–N with tert-alkyl or cyclic N) is 1. The highest BCUT2D eigenvalue weighted by molar-refractivity contribution is 6.09. The van der Waals surface area contributed by atoms with Crippen molar-refractivity contribution in [1.82, 2.24) is 4.90 Å². The molecule has 20 heavy (non-hydrogen) atoms. The van der Waals surface area contributed by atoms with Gasteiger partial charge < -0.3 is 5.11 Å². The number of benzene rings is 1. The van der Waals surface area contributed by atoms with E-state index >= 15 is 0 Å². The lowest BCUT2D eigenvalue weighted by molar-refractivity contribution is -0.132. The number of hydrogen-bond acceptors (Lipinski definition) is 3. The van der Waals surface area contributed by atoms with Crippen LogP contribution >= 0.6 is 0 Å². The van der Waals surface area contributed by atoms with Crippen molar-refractivity contribution in [2.45, 2.75) is 44.1 Å². The zero-order valence-electron chi connectivity index (χ0n) is 11.5. The van der Waals surface area contributed by atoms with E-state index in [0.717, 1.165) is 24.8 Å². The fourth-order valence-electron chi connectivity index (χ4n) is 3.22. The maximum atomic E-state index is 12.4. The molecule has 0 saturated heterocycles. The van der Waals surface area contributed by atoms with Crippen LogP contribution in [0.3, 0.4) is 0 Å². The van der Waals surface area contributed by atoms with Gasteiger partial charge in [0, 0.05) is 5.56 Å². The summed E-state index contributed by atoms with van der Waals surface area (Å²) in [5.74, 6) is -0.469. The van der Waals surface area contributed by atoms with Gasteiger partial charge in [-0.25, -0.2) is 0 Å². The van der Waals surface area contributed by atoms with Crippen molar-refractivity contribution in [1.29, 1.82) is 0 Å². The van der Waals surface area contributed by atoms with Crippen LogP contribution in [0.15, 0.2) is 24.3 Å². The van der Waals surface area contributed by atoms with Crippen molar-refractivity contribution in [3.05, 3.63) is 35.4 Å². The Labute approximate surface area is 118 Å². The highest BCUT2D eigenvalue weighted by Gasteiger charge is 2.38. The number of imide groups is 1. The third-order valence-electron chi connectivity index (χ3n) is 4.37. The number of amides is 2. The summed E-state index contributed by atoms with van der Waals surface area (Å²) < 4.78 is 0. The van der Waals surface area contributed by atoms with Crippen molar-refractivity contribution in [3.63, 3.8) is 0 Å². The van der Waals surface area contributed by atoms with Gasteiger partial charge >= 0.3 is 0 Å². The second kappa shape index (κ2) is 5.02. The smallest absolute Gasteiger partial charge is 0.260 e. The molecule has 4 nitrogen and oxygen atoms in total. The molecular formula is C16H19NO3. The second-order valence-electron chi connectivity index (χ2n) is 5.90. The molecular weight excluding hydrogens is 254 g/mol. The van der Waals surface area contributed by atoms with Crippen LogP contribution in [0.2, 0.25) is 0 Å². The first-order valence-electron chi connectivity index (χ1n) is 7.24. The Balaban J connectivity index is 1.84. The highest BCUT2D eigenvalue weighted by Crippen LogP contribution is 2.30. The van der Waals surface area contributed by atoms with Crippen LogP contribution in [0.5, 0.6) is 0 Å². The van der Waals surface area contributed by atoms with Crippen molar-refractivity contribution < 1.29 is 14.7 Å². The Morgan fingerprint density at radius 3 is 2.55 bits per heavy atom. The summed E-state index contributed by atoms with van der Waals surface area (Å²) in [4.78, 5) is 25.9. The third kappa shape index (κ3) is 2.36. The van der Waals surface area contributed by atoms with Gasteiger partial charge in [0.15, 0.2) is 0 Å². The Morgan fingerprint density at radius 1 is 1.10 bits per heavy atom. The van der Waals surface area contributed by atoms with Crippen molar-refractivity contribution >= 4 is 11.8 Å². The van der Waals surface area contributed by atoms with Gasteiger partial charge in [-0.1, -0.05) is 37.5 Å². The molecule has 1 fully saturated rings. The molecule has 0 unspecified atom stereocenters. The molecule has 2 aliphatic rings. The summed E-state index contributed by atoms with van der Waals surface area (Å²) in [7, 11) is 0. The zero-order valence-corrected chi connectivity index (χ0v) is 11.5. The Bertz CT molecular complexity index is 546. The van der Waals surface area contributed by atoms with Crippen LogP contribution in [0.25, 0.3) is 0 Å². The fraction of sp³-hybridized carbons (Fsp3) is 0.500. The van der Waals surface area contributed by atoms with E-state index in [-0.39, 0.29) is 24.8 Å². The number of rotatable bonds is 2. The molecule has 0 radical (unpaired) electrons. The summed E-state index contributed by atoms with van der Waals surface area (Å²) in [5, 5.41) is 10.6. The molecule has 4 heteroatoms. The van der Waals surface area contributed by atoms with Gasteiger partial charge in [-0.05, 0) is 24.5 Å². The quantitative estimate of drug-likeness (QED) is 0.837. The lowest BCUT2D eigenvalue weighted by Gasteiger charge is -2.37. The molecule has 0 spiro atoms. The molecule has 0 bridgehead atoms. The van der Waals surface area contributed by atoms with Crippen molar-refractivity contribution in [2.24, 2.45) is 0 Å². The van der Waals surface area contributed by atoms with E-state index in [4.69, 9.17) is 0 Å². The third-order valence-corrected chi connectivity index (χ3v) is 4.37. The molecule has 0 aromatic heterocycles. The van der Waals surface area contributed by atoms with Crippen LogP contribution in [0, 0.1) is 0 Å². The lowest BCUT2D eigenvalue weighted by Crippen LogP contribution is -2.51. The number of aliphatic hydroxyl groups is 1. The highest BCUT2D eigenvalue weighted by atomic mass is 16.3. The van der Waals surface area contributed by atoms with Crippen LogP contribution in [0.4, 0.5) is 0 Å². The van der Waals surface area contributed by atoms with E-state index in [1.165, 1.54) is 4.90 Å². The van der Waals surface area contributed by atoms with Crippen molar-refractivity contribution in [2.75, 3.05) is 6.54 Å². The van der Waals surface area contributed by atoms with Gasteiger partial charge in [-0.15, -0.1) is 0 Å². The minimum absolute atomic E-state index is 0.138. The maximum Gasteiger partial charge on any atom is 0.260 e. The van der Waals surface area contributed by atoms with Gasteiger partial charge in [0.1, 0.15) is 0 Å². The number of hydrogen-bond donors (Lipinski definition) is 1. The lowest BCUT2D eigenvalue weighted by atomic mass is 9.84. The average Bonchev–Trinajstić information content (AvgIpc) is 2.44. The molecule has 1 aliphatic carbocycles. The molecule has 1 aliphatic heterocycles. The number of carbonyl (C=O) groups excluding carboxylic acids is 2. The predicted octanol–water partition coefficient (Wildman–Crippen LogP) is 1.91. The second-order valence-corrected chi connectivity index (χ2v) is 5.90. The Morgan fingerprint density at radius 2 is 1.80 bits per heavy atom. The molecule has 1 aromatic rings. The SMILES string of the molecule is O=C1Cc2ccccc2C(=O)N1CC1(O)CCCCC1. The normalized spacial score (nSPS) is 21.8. The molecule has 0 atom stereocenters. The zero-order chi connectivity index (χ0) is 14.2. The molecule has 1 heterocycles. The number of nitrogens with zero attached hydrogens (tertiary/aromatic N) is 1. The van der Waals surface area contributed by atoms with Crippen LogP contribution in [-0.4, -0.2) is 34.0 Å². The summed E-state index contributed by atoms with van der Waals surface area (Å²) in [6, 6.07) is 7.21. The van der Waals surface area contributed by atoms with Gasteiger partial charge in [0.05, 0.1) is 18.6 Å². The summed E-state index contributed by atoms with van der Waals surface area (Å²) in [6.07, 6.45) is 4.63. The first-order valence-corrected chi connectivity index (χ1v) is 7.24. The molecule has 1 N–H and O–H groups in total. The Kier molecular flexibility index (Phi) is 3.34. The Hall–Kier alpha value is -1.68. The largest absolute Gasteiger partial charge is 0.388 e. The minimum Gasteiger partial charge on any atom is -0.388 e. The average molecular weight is 273 g/mol. The summed E-state index contributed by atoms with van der Waals surface area (Å²) in [6.45, 7) is 0.138. The maximum absolute atomic E-state index is 12.4. The first-order chi connectivity index (χ1) is 9.59. The first kappa shape index (κ1) is 13.3. The number of carbonyl (C=O) groups is 2. The fourth-order valence-corrected chi connectivity index (χ4v) is 3.22. The van der Waals surface area contributed by atoms with Crippen molar-refractivity contribution in [3.8, 4) is 0 Å². The summed E-state index contributed by atoms with van der Waals surface area (Å²) >= 11 is 0. The van der Waals surface area contributed by atoms with Gasteiger partial charge in [0.25, 0.3) is 5.91 Å². The van der Waals surface area contributed by atoms with Gasteiger partial charge in [-0.3, -0.25) is 14.5 Å². The van der Waals surface area contributed by atoms with E-state index in [2.05, 4.69) is 0 Å². The molecule has 1 saturated carbocycles. The van der Waals surface area contributed by atoms with E-state index in [1.54, 1.807) is 12.1 Å². The minimum atomic E-state index is -0.893. The van der Waals surface area contributed by atoms with Gasteiger partial charge in [-0.2, -0.15) is 0 Å². The van der Waals surface area contributed by atoms with Gasteiger partial charge in [0.2, 0.25) is 5.91 Å². The number of fused-ring (bicyclic) bond motifs is 1. The van der Waals surface area contributed by atoms with E-state index < -0.39 is 5.60 Å². The van der Waals surface area contributed by atoms with Crippen LogP contribution < -0.4 is 0 Å². The van der Waals surface area contributed by atoms with Crippen LogP contribution in [-0.2, 0) is 11.2 Å². The molecule has 2 amide bonds. The molecule has 106 valence electrons. The van der Waals surface area contributed by atoms with E-state index in [0.29, 0.717) is 18.4 Å².